The van der Waals surface area contributed by atoms with Crippen LogP contribution in [-0.4, -0.2) is 49.6 Å². The molecule has 0 aromatic carbocycles. The lowest BCUT2D eigenvalue weighted by Gasteiger charge is -2.33. The fraction of sp³-hybridized carbons (Fsp3) is 0.500. The van der Waals surface area contributed by atoms with Gasteiger partial charge < -0.3 is 19.8 Å². The number of furan rings is 1. The van der Waals surface area contributed by atoms with Crippen molar-refractivity contribution in [3.8, 4) is 5.88 Å². The first kappa shape index (κ1) is 19.2. The molecule has 1 atom stereocenters. The van der Waals surface area contributed by atoms with Crippen LogP contribution < -0.4 is 15.4 Å². The van der Waals surface area contributed by atoms with Crippen LogP contribution in [0.15, 0.2) is 46.1 Å². The van der Waals surface area contributed by atoms with Gasteiger partial charge in [0.25, 0.3) is 0 Å². The zero-order chi connectivity index (χ0) is 18.9. The Balaban J connectivity index is 1.55. The van der Waals surface area contributed by atoms with E-state index >= 15 is 0 Å². The number of piperidine rings is 1. The molecule has 1 unspecified atom stereocenters. The summed E-state index contributed by atoms with van der Waals surface area (Å²) in [5, 5.41) is 6.78. The average Bonchev–Trinajstić information content (AvgIpc) is 3.26. The molecule has 1 saturated heterocycles. The first-order valence-corrected chi connectivity index (χ1v) is 9.51. The van der Waals surface area contributed by atoms with E-state index in [-0.39, 0.29) is 6.04 Å². The van der Waals surface area contributed by atoms with E-state index in [0.29, 0.717) is 12.4 Å². The van der Waals surface area contributed by atoms with E-state index in [1.54, 1.807) is 26.6 Å². The summed E-state index contributed by atoms with van der Waals surface area (Å²) in [6.45, 7) is 3.60. The van der Waals surface area contributed by atoms with Gasteiger partial charge in [-0.05, 0) is 43.6 Å². The number of pyridine rings is 1. The summed E-state index contributed by atoms with van der Waals surface area (Å²) in [5.74, 6) is 2.38. The van der Waals surface area contributed by atoms with Crippen molar-refractivity contribution in [3.05, 3.63) is 48.0 Å². The quantitative estimate of drug-likeness (QED) is 0.576. The summed E-state index contributed by atoms with van der Waals surface area (Å²) in [7, 11) is 3.40. The van der Waals surface area contributed by atoms with Crippen molar-refractivity contribution in [2.75, 3.05) is 33.8 Å². The van der Waals surface area contributed by atoms with Gasteiger partial charge in [0.1, 0.15) is 5.76 Å². The molecule has 2 aromatic heterocycles. The van der Waals surface area contributed by atoms with Gasteiger partial charge in [0.15, 0.2) is 5.96 Å². The van der Waals surface area contributed by atoms with E-state index in [0.717, 1.165) is 36.9 Å². The molecule has 0 spiro atoms. The first-order chi connectivity index (χ1) is 13.3. The van der Waals surface area contributed by atoms with Gasteiger partial charge in [-0.2, -0.15) is 0 Å². The van der Waals surface area contributed by atoms with Crippen molar-refractivity contribution in [1.82, 2.24) is 20.5 Å². The highest BCUT2D eigenvalue weighted by molar-refractivity contribution is 5.79. The van der Waals surface area contributed by atoms with Crippen LogP contribution in [0, 0.1) is 0 Å². The molecule has 0 bridgehead atoms. The normalized spacial score (nSPS) is 16.7. The van der Waals surface area contributed by atoms with E-state index in [9.17, 15) is 0 Å². The van der Waals surface area contributed by atoms with Crippen LogP contribution in [0.5, 0.6) is 5.88 Å². The van der Waals surface area contributed by atoms with Crippen LogP contribution in [0.2, 0.25) is 0 Å². The zero-order valence-electron chi connectivity index (χ0n) is 16.1. The van der Waals surface area contributed by atoms with E-state index in [2.05, 4.69) is 31.6 Å². The monoisotopic (exact) mass is 371 g/mol. The number of guanidine groups is 1. The predicted octanol–water partition coefficient (Wildman–Crippen LogP) is 2.58. The number of nitrogens with zero attached hydrogens (tertiary/aromatic N) is 3. The lowest BCUT2D eigenvalue weighted by molar-refractivity contribution is 0.146. The molecule has 1 aliphatic rings. The average molecular weight is 371 g/mol. The van der Waals surface area contributed by atoms with Crippen molar-refractivity contribution in [2.45, 2.75) is 31.8 Å². The van der Waals surface area contributed by atoms with Crippen molar-refractivity contribution in [2.24, 2.45) is 4.99 Å². The van der Waals surface area contributed by atoms with E-state index in [1.807, 2.05) is 18.2 Å². The predicted molar refractivity (Wildman–Crippen MR) is 106 cm³/mol. The Hall–Kier alpha value is -2.54. The Morgan fingerprint density at radius 2 is 2.11 bits per heavy atom. The number of hydrogen-bond acceptors (Lipinski definition) is 5. The maximum atomic E-state index is 5.70. The van der Waals surface area contributed by atoms with Crippen LogP contribution in [0.1, 0.15) is 36.6 Å². The summed E-state index contributed by atoms with van der Waals surface area (Å²) in [4.78, 5) is 11.1. The molecule has 7 nitrogen and oxygen atoms in total. The topological polar surface area (TPSA) is 74.9 Å². The molecule has 0 saturated carbocycles. The molecule has 0 aliphatic carbocycles. The summed E-state index contributed by atoms with van der Waals surface area (Å²) in [6, 6.07) is 8.07. The fourth-order valence-corrected chi connectivity index (χ4v) is 3.36. The van der Waals surface area contributed by atoms with Crippen molar-refractivity contribution in [3.63, 3.8) is 0 Å². The number of rotatable bonds is 7. The van der Waals surface area contributed by atoms with Crippen LogP contribution in [0.25, 0.3) is 0 Å². The van der Waals surface area contributed by atoms with Gasteiger partial charge in [0, 0.05) is 32.4 Å². The second-order valence-electron chi connectivity index (χ2n) is 6.64. The molecule has 1 aliphatic heterocycles. The van der Waals surface area contributed by atoms with Crippen molar-refractivity contribution < 1.29 is 9.15 Å². The van der Waals surface area contributed by atoms with Gasteiger partial charge in [-0.25, -0.2) is 4.98 Å². The minimum atomic E-state index is 0.210. The maximum absolute atomic E-state index is 5.70. The molecule has 2 aromatic rings. The molecule has 0 radical (unpaired) electrons. The SMILES string of the molecule is CN=C(NCc1ccc(OC)nc1)NCC(c1ccco1)N1CCCCC1. The number of aromatic nitrogens is 1. The third kappa shape index (κ3) is 5.47. The van der Waals surface area contributed by atoms with Crippen LogP contribution >= 0.6 is 0 Å². The van der Waals surface area contributed by atoms with Crippen molar-refractivity contribution in [1.29, 1.82) is 0 Å². The molecule has 1 fully saturated rings. The largest absolute Gasteiger partial charge is 0.481 e. The molecular formula is C20H29N5O2. The molecule has 27 heavy (non-hydrogen) atoms. The van der Waals surface area contributed by atoms with Gasteiger partial charge in [-0.3, -0.25) is 9.89 Å². The van der Waals surface area contributed by atoms with Gasteiger partial charge in [0.05, 0.1) is 19.4 Å². The van der Waals surface area contributed by atoms with E-state index in [1.165, 1.54) is 19.3 Å². The molecular weight excluding hydrogens is 342 g/mol. The van der Waals surface area contributed by atoms with Crippen LogP contribution in [0.4, 0.5) is 0 Å². The smallest absolute Gasteiger partial charge is 0.212 e. The van der Waals surface area contributed by atoms with Crippen molar-refractivity contribution >= 4 is 5.96 Å². The third-order valence-electron chi connectivity index (χ3n) is 4.86. The van der Waals surface area contributed by atoms with Gasteiger partial charge in [0.2, 0.25) is 5.88 Å². The Morgan fingerprint density at radius 1 is 1.26 bits per heavy atom. The Bertz CT molecular complexity index is 694. The third-order valence-corrected chi connectivity index (χ3v) is 4.86. The lowest BCUT2D eigenvalue weighted by Crippen LogP contribution is -2.44. The first-order valence-electron chi connectivity index (χ1n) is 9.51. The summed E-state index contributed by atoms with van der Waals surface area (Å²) in [6.07, 6.45) is 7.35. The minimum absolute atomic E-state index is 0.210. The second kappa shape index (κ2) is 9.97. The summed E-state index contributed by atoms with van der Waals surface area (Å²) in [5.41, 5.74) is 1.07. The van der Waals surface area contributed by atoms with Gasteiger partial charge in [-0.15, -0.1) is 0 Å². The van der Waals surface area contributed by atoms with E-state index < -0.39 is 0 Å². The standard InChI is InChI=1S/C20H29N5O2/c1-21-20(23-14-16-8-9-19(26-2)22-13-16)24-15-17(18-7-6-12-27-18)25-10-4-3-5-11-25/h6-9,12-13,17H,3-5,10-11,14-15H2,1-2H3,(H2,21,23,24). The highest BCUT2D eigenvalue weighted by Crippen LogP contribution is 2.24. The summed E-state index contributed by atoms with van der Waals surface area (Å²) >= 11 is 0. The molecule has 146 valence electrons. The Morgan fingerprint density at radius 3 is 2.74 bits per heavy atom. The lowest BCUT2D eigenvalue weighted by atomic mass is 10.1. The molecule has 3 heterocycles. The molecule has 0 amide bonds. The molecule has 2 N–H and O–H groups in total. The molecule has 7 heteroatoms. The highest BCUT2D eigenvalue weighted by Gasteiger charge is 2.24. The number of hydrogen-bond donors (Lipinski definition) is 2. The Kier molecular flexibility index (Phi) is 7.10. The fourth-order valence-electron chi connectivity index (χ4n) is 3.36. The zero-order valence-corrected chi connectivity index (χ0v) is 16.1. The Labute approximate surface area is 160 Å². The summed E-state index contributed by atoms with van der Waals surface area (Å²) < 4.78 is 10.8. The second-order valence-corrected chi connectivity index (χ2v) is 6.64. The van der Waals surface area contributed by atoms with Gasteiger partial charge >= 0.3 is 0 Å². The number of likely N-dealkylation sites (tertiary alicyclic amines) is 1. The molecule has 3 rings (SSSR count). The van der Waals surface area contributed by atoms with Crippen LogP contribution in [0.3, 0.4) is 0 Å². The highest BCUT2D eigenvalue weighted by atomic mass is 16.5. The van der Waals surface area contributed by atoms with Crippen LogP contribution in [-0.2, 0) is 6.54 Å². The van der Waals surface area contributed by atoms with E-state index in [4.69, 9.17) is 9.15 Å². The number of nitrogens with one attached hydrogen (secondary N) is 2. The maximum Gasteiger partial charge on any atom is 0.212 e. The number of ether oxygens (including phenoxy) is 1. The minimum Gasteiger partial charge on any atom is -0.481 e. The van der Waals surface area contributed by atoms with Gasteiger partial charge in [-0.1, -0.05) is 12.5 Å². The number of methoxy groups -OCH3 is 1. The number of aliphatic imine (C=N–C) groups is 1.